The fraction of sp³-hybridized carbons (Fsp3) is 0.192. The Bertz CT molecular complexity index is 1450. The maximum Gasteiger partial charge on any atom is 0.257 e. The van der Waals surface area contributed by atoms with Crippen LogP contribution in [0, 0.1) is 0 Å². The van der Waals surface area contributed by atoms with E-state index in [9.17, 15) is 4.79 Å². The summed E-state index contributed by atoms with van der Waals surface area (Å²) in [5.41, 5.74) is 4.09. The van der Waals surface area contributed by atoms with Gasteiger partial charge >= 0.3 is 0 Å². The van der Waals surface area contributed by atoms with Gasteiger partial charge < -0.3 is 14.5 Å². The van der Waals surface area contributed by atoms with Crippen molar-refractivity contribution in [3.63, 3.8) is 0 Å². The lowest BCUT2D eigenvalue weighted by molar-refractivity contribution is 0.0977. The molecule has 4 rings (SSSR count). The number of fused-ring (bicyclic) bond motifs is 1. The van der Waals surface area contributed by atoms with Crippen molar-refractivity contribution in [3.05, 3.63) is 74.7 Å². The maximum atomic E-state index is 12.7. The van der Waals surface area contributed by atoms with Crippen molar-refractivity contribution in [2.75, 3.05) is 12.4 Å². The molecule has 1 amide bonds. The Balaban J connectivity index is 1.52. The van der Waals surface area contributed by atoms with Crippen LogP contribution >= 0.6 is 47.0 Å². The lowest BCUT2D eigenvalue weighted by atomic mass is 9.98. The molecule has 0 aliphatic heterocycles. The van der Waals surface area contributed by atoms with Gasteiger partial charge in [-0.25, -0.2) is 4.98 Å². The maximum absolute atomic E-state index is 12.7. The second-order valence-electron chi connectivity index (χ2n) is 8.13. The number of nitrogens with zero attached hydrogens (tertiary/aromatic N) is 1. The fourth-order valence-electron chi connectivity index (χ4n) is 3.58. The molecule has 36 heavy (non-hydrogen) atoms. The van der Waals surface area contributed by atoms with E-state index in [1.165, 1.54) is 24.8 Å². The first kappa shape index (κ1) is 26.2. The number of hydrogen-bond acceptors (Lipinski definition) is 5. The second-order valence-corrected chi connectivity index (χ2v) is 9.76. The molecule has 2 N–H and O–H groups in total. The molecule has 0 aliphatic carbocycles. The summed E-state index contributed by atoms with van der Waals surface area (Å²) in [7, 11) is 1.44. The molecule has 0 aliphatic rings. The van der Waals surface area contributed by atoms with Crippen LogP contribution < -0.4 is 15.4 Å². The Morgan fingerprint density at radius 1 is 1.08 bits per heavy atom. The Labute approximate surface area is 228 Å². The van der Waals surface area contributed by atoms with E-state index in [4.69, 9.17) is 56.2 Å². The molecule has 0 unspecified atom stereocenters. The lowest BCUT2D eigenvalue weighted by Gasteiger charge is -2.13. The average Bonchev–Trinajstić information content (AvgIpc) is 3.28. The van der Waals surface area contributed by atoms with Gasteiger partial charge in [-0.15, -0.1) is 0 Å². The SMILES string of the molecule is CC[C@H](C)c1ccc2oc(-c3ccc(Cl)c(NC(=S)NC(=O)c4cc(Cl)c(OC)c(Cl)c4)c3)nc2c1. The lowest BCUT2D eigenvalue weighted by Crippen LogP contribution is -2.34. The number of halogens is 3. The van der Waals surface area contributed by atoms with Crippen molar-refractivity contribution >= 4 is 74.8 Å². The number of nitrogens with one attached hydrogen (secondary N) is 2. The second kappa shape index (κ2) is 11.0. The van der Waals surface area contributed by atoms with Crippen LogP contribution in [-0.2, 0) is 0 Å². The number of carbonyl (C=O) groups is 1. The van der Waals surface area contributed by atoms with Crippen LogP contribution in [0.3, 0.4) is 0 Å². The van der Waals surface area contributed by atoms with Crippen LogP contribution in [0.25, 0.3) is 22.6 Å². The summed E-state index contributed by atoms with van der Waals surface area (Å²) < 4.78 is 11.1. The van der Waals surface area contributed by atoms with E-state index in [0.717, 1.165) is 11.9 Å². The summed E-state index contributed by atoms with van der Waals surface area (Å²) in [6, 6.07) is 14.2. The predicted octanol–water partition coefficient (Wildman–Crippen LogP) is 8.10. The van der Waals surface area contributed by atoms with Crippen molar-refractivity contribution in [2.45, 2.75) is 26.2 Å². The van der Waals surface area contributed by atoms with Crippen molar-refractivity contribution in [2.24, 2.45) is 0 Å². The Kier molecular flexibility index (Phi) is 8.05. The highest BCUT2D eigenvalue weighted by atomic mass is 35.5. The predicted molar refractivity (Wildman–Crippen MR) is 150 cm³/mol. The van der Waals surface area contributed by atoms with E-state index in [1.807, 2.05) is 12.1 Å². The third kappa shape index (κ3) is 5.60. The number of aromatic nitrogens is 1. The molecule has 0 radical (unpaired) electrons. The van der Waals surface area contributed by atoms with E-state index in [1.54, 1.807) is 18.2 Å². The number of ether oxygens (including phenoxy) is 1. The monoisotopic (exact) mass is 561 g/mol. The van der Waals surface area contributed by atoms with Gasteiger partial charge in [-0.05, 0) is 72.6 Å². The third-order valence-corrected chi connectivity index (χ3v) is 6.84. The van der Waals surface area contributed by atoms with Crippen LogP contribution in [0.2, 0.25) is 15.1 Å². The molecule has 1 aromatic heterocycles. The van der Waals surface area contributed by atoms with Crippen LogP contribution in [0.1, 0.15) is 42.1 Å². The zero-order chi connectivity index (χ0) is 26.0. The molecule has 4 aromatic rings. The highest BCUT2D eigenvalue weighted by Gasteiger charge is 2.16. The number of oxazole rings is 1. The van der Waals surface area contributed by atoms with E-state index in [-0.39, 0.29) is 26.5 Å². The Morgan fingerprint density at radius 2 is 1.81 bits per heavy atom. The topological polar surface area (TPSA) is 76.4 Å². The standard InChI is InChI=1S/C26H22Cl3N3O3S/c1-4-13(2)14-6-8-22-21(11-14)30-25(35-22)15-5-7-17(27)20(12-15)31-26(36)32-24(33)16-9-18(28)23(34-3)19(29)10-16/h5-13H,4H2,1-3H3,(H2,31,32,33,36)/t13-/m0/s1. The normalized spacial score (nSPS) is 11.8. The number of amides is 1. The van der Waals surface area contributed by atoms with E-state index in [0.29, 0.717) is 33.7 Å². The molecule has 10 heteroatoms. The highest BCUT2D eigenvalue weighted by Crippen LogP contribution is 2.34. The van der Waals surface area contributed by atoms with Crippen molar-refractivity contribution < 1.29 is 13.9 Å². The molecule has 3 aromatic carbocycles. The molecule has 0 spiro atoms. The average molecular weight is 563 g/mol. The number of hydrogen-bond donors (Lipinski definition) is 2. The summed E-state index contributed by atoms with van der Waals surface area (Å²) >= 11 is 24.0. The number of carbonyl (C=O) groups excluding carboxylic acids is 1. The van der Waals surface area contributed by atoms with Gasteiger partial charge in [0.05, 0.1) is 27.9 Å². The van der Waals surface area contributed by atoms with Gasteiger partial charge in [-0.3, -0.25) is 10.1 Å². The van der Waals surface area contributed by atoms with Crippen LogP contribution in [0.5, 0.6) is 5.75 Å². The summed E-state index contributed by atoms with van der Waals surface area (Å²) in [6.07, 6.45) is 1.04. The smallest absolute Gasteiger partial charge is 0.257 e. The molecule has 0 bridgehead atoms. The number of anilines is 1. The highest BCUT2D eigenvalue weighted by molar-refractivity contribution is 7.80. The Hall–Kier alpha value is -2.84. The number of rotatable bonds is 6. The summed E-state index contributed by atoms with van der Waals surface area (Å²) in [6.45, 7) is 4.33. The van der Waals surface area contributed by atoms with Gasteiger partial charge in [0.15, 0.2) is 16.4 Å². The zero-order valence-corrected chi connectivity index (χ0v) is 22.7. The number of methoxy groups -OCH3 is 1. The third-order valence-electron chi connectivity index (χ3n) is 5.75. The van der Waals surface area contributed by atoms with E-state index in [2.05, 4.69) is 35.5 Å². The van der Waals surface area contributed by atoms with Crippen LogP contribution in [-0.4, -0.2) is 23.1 Å². The van der Waals surface area contributed by atoms with Gasteiger partial charge in [0, 0.05) is 11.1 Å². The zero-order valence-electron chi connectivity index (χ0n) is 19.6. The summed E-state index contributed by atoms with van der Waals surface area (Å²) in [5.74, 6) is 0.669. The molecule has 0 fully saturated rings. The quantitative estimate of drug-likeness (QED) is 0.231. The Morgan fingerprint density at radius 3 is 2.47 bits per heavy atom. The molecule has 0 saturated heterocycles. The molecule has 0 saturated carbocycles. The first-order valence-corrected chi connectivity index (χ1v) is 12.6. The molecule has 1 heterocycles. The summed E-state index contributed by atoms with van der Waals surface area (Å²) in [5, 5.41) is 6.40. The first-order chi connectivity index (χ1) is 17.2. The van der Waals surface area contributed by atoms with Crippen LogP contribution in [0.15, 0.2) is 52.9 Å². The van der Waals surface area contributed by atoms with Crippen molar-refractivity contribution in [1.82, 2.24) is 10.3 Å². The van der Waals surface area contributed by atoms with Crippen molar-refractivity contribution in [3.8, 4) is 17.2 Å². The van der Waals surface area contributed by atoms with Crippen molar-refractivity contribution in [1.29, 1.82) is 0 Å². The van der Waals surface area contributed by atoms with Gasteiger partial charge in [0.1, 0.15) is 5.52 Å². The van der Waals surface area contributed by atoms with Gasteiger partial charge in [-0.1, -0.05) is 54.7 Å². The van der Waals surface area contributed by atoms with Crippen LogP contribution in [0.4, 0.5) is 5.69 Å². The fourth-order valence-corrected chi connectivity index (χ4v) is 4.59. The minimum atomic E-state index is -0.498. The minimum absolute atomic E-state index is 0.0397. The number of benzene rings is 3. The molecule has 6 nitrogen and oxygen atoms in total. The molecular weight excluding hydrogens is 541 g/mol. The van der Waals surface area contributed by atoms with E-state index >= 15 is 0 Å². The van der Waals surface area contributed by atoms with E-state index < -0.39 is 5.91 Å². The van der Waals surface area contributed by atoms with Gasteiger partial charge in [0.25, 0.3) is 5.91 Å². The largest absolute Gasteiger partial charge is 0.494 e. The number of thiocarbonyl (C=S) groups is 1. The first-order valence-electron chi connectivity index (χ1n) is 11.1. The summed E-state index contributed by atoms with van der Waals surface area (Å²) in [4.78, 5) is 17.3. The minimum Gasteiger partial charge on any atom is -0.494 e. The molecular formula is C26H22Cl3N3O3S. The van der Waals surface area contributed by atoms with Gasteiger partial charge in [-0.2, -0.15) is 0 Å². The molecule has 186 valence electrons. The molecule has 1 atom stereocenters. The van der Waals surface area contributed by atoms with Gasteiger partial charge in [0.2, 0.25) is 5.89 Å².